The minimum Gasteiger partial charge on any atom is -0.382 e. The third kappa shape index (κ3) is 4.14. The maximum atomic E-state index is 5.35. The normalized spacial score (nSPS) is 12.5. The number of hydrogen-bond donors (Lipinski definition) is 2. The summed E-state index contributed by atoms with van der Waals surface area (Å²) in [6, 6.07) is 10.3. The molecule has 0 radical (unpaired) electrons. The summed E-state index contributed by atoms with van der Waals surface area (Å²) in [7, 11) is 5.30. The Kier molecular flexibility index (Phi) is 5.92. The molecule has 5 heteroatoms. The van der Waals surface area contributed by atoms with Crippen molar-refractivity contribution in [2.45, 2.75) is 12.6 Å². The molecule has 0 saturated carbocycles. The van der Waals surface area contributed by atoms with Crippen LogP contribution in [-0.4, -0.2) is 45.5 Å². The molecule has 0 aliphatic carbocycles. The van der Waals surface area contributed by atoms with Crippen LogP contribution in [-0.2, 0) is 16.0 Å². The summed E-state index contributed by atoms with van der Waals surface area (Å²) in [5.74, 6) is 0.858. The molecule has 1 heterocycles. The summed E-state index contributed by atoms with van der Waals surface area (Å²) in [6.07, 6.45) is 0.0102. The van der Waals surface area contributed by atoms with Gasteiger partial charge < -0.3 is 20.1 Å². The molecule has 0 bridgehead atoms. The number of para-hydroxylation sites is 1. The lowest BCUT2D eigenvalue weighted by Crippen LogP contribution is -2.27. The van der Waals surface area contributed by atoms with Crippen LogP contribution in [0.1, 0.15) is 5.56 Å². The molecule has 21 heavy (non-hydrogen) atoms. The Morgan fingerprint density at radius 2 is 2.05 bits per heavy atom. The average molecular weight is 289 g/mol. The van der Waals surface area contributed by atoms with E-state index >= 15 is 0 Å². The second-order valence-corrected chi connectivity index (χ2v) is 4.91. The van der Waals surface area contributed by atoms with Crippen LogP contribution < -0.4 is 10.6 Å². The standard InChI is InChI=1S/C16H23N3O2/c1-17-9-12-8-16(18-10-13(21-3)11-20-2)19-15-7-5-4-6-14(12)15/h4-8,13,17H,9-11H2,1-3H3,(H,18,19). The van der Waals surface area contributed by atoms with Gasteiger partial charge in [-0.1, -0.05) is 18.2 Å². The van der Waals surface area contributed by atoms with Crippen molar-refractivity contribution in [3.05, 3.63) is 35.9 Å². The largest absolute Gasteiger partial charge is 0.382 e. The van der Waals surface area contributed by atoms with Gasteiger partial charge in [0, 0.05) is 32.7 Å². The molecule has 2 rings (SSSR count). The fourth-order valence-corrected chi connectivity index (χ4v) is 2.29. The van der Waals surface area contributed by atoms with Gasteiger partial charge in [0.25, 0.3) is 0 Å². The number of nitrogens with zero attached hydrogens (tertiary/aromatic N) is 1. The molecule has 2 N–H and O–H groups in total. The smallest absolute Gasteiger partial charge is 0.127 e. The highest BCUT2D eigenvalue weighted by Gasteiger charge is 2.09. The third-order valence-corrected chi connectivity index (χ3v) is 3.37. The predicted octanol–water partition coefficient (Wildman–Crippen LogP) is 2.03. The number of methoxy groups -OCH3 is 2. The van der Waals surface area contributed by atoms with Crippen molar-refractivity contribution in [3.8, 4) is 0 Å². The number of benzene rings is 1. The van der Waals surface area contributed by atoms with Crippen molar-refractivity contribution < 1.29 is 9.47 Å². The summed E-state index contributed by atoms with van der Waals surface area (Å²) in [6.45, 7) is 2.03. The van der Waals surface area contributed by atoms with Gasteiger partial charge in [-0.15, -0.1) is 0 Å². The SMILES string of the molecule is CNCc1cc(NCC(COC)OC)nc2ccccc12. The van der Waals surface area contributed by atoms with Gasteiger partial charge in [0.05, 0.1) is 18.2 Å². The van der Waals surface area contributed by atoms with Gasteiger partial charge in [0.2, 0.25) is 0 Å². The first kappa shape index (κ1) is 15.7. The van der Waals surface area contributed by atoms with Crippen LogP contribution >= 0.6 is 0 Å². The zero-order chi connectivity index (χ0) is 15.1. The van der Waals surface area contributed by atoms with Crippen molar-refractivity contribution in [2.24, 2.45) is 0 Å². The minimum absolute atomic E-state index is 0.0102. The van der Waals surface area contributed by atoms with Gasteiger partial charge in [-0.05, 0) is 24.7 Å². The summed E-state index contributed by atoms with van der Waals surface area (Å²) >= 11 is 0. The van der Waals surface area contributed by atoms with Gasteiger partial charge in [-0.3, -0.25) is 0 Å². The highest BCUT2D eigenvalue weighted by atomic mass is 16.5. The van der Waals surface area contributed by atoms with E-state index in [9.17, 15) is 0 Å². The van der Waals surface area contributed by atoms with Crippen LogP contribution in [0, 0.1) is 0 Å². The quantitative estimate of drug-likeness (QED) is 0.779. The van der Waals surface area contributed by atoms with E-state index in [0.717, 1.165) is 17.9 Å². The Bertz CT molecular complexity index is 574. The molecular weight excluding hydrogens is 266 g/mol. The maximum Gasteiger partial charge on any atom is 0.127 e. The molecule has 0 saturated heterocycles. The Balaban J connectivity index is 2.19. The Labute approximate surface area is 125 Å². The van der Waals surface area contributed by atoms with Gasteiger partial charge >= 0.3 is 0 Å². The first-order chi connectivity index (χ1) is 10.3. The van der Waals surface area contributed by atoms with Crippen molar-refractivity contribution >= 4 is 16.7 Å². The molecule has 0 aliphatic rings. The Morgan fingerprint density at radius 3 is 2.76 bits per heavy atom. The number of pyridine rings is 1. The fraction of sp³-hybridized carbons (Fsp3) is 0.438. The topological polar surface area (TPSA) is 55.4 Å². The van der Waals surface area contributed by atoms with Gasteiger partial charge in [0.1, 0.15) is 5.82 Å². The van der Waals surface area contributed by atoms with Crippen LogP contribution in [0.3, 0.4) is 0 Å². The van der Waals surface area contributed by atoms with Crippen LogP contribution in [0.2, 0.25) is 0 Å². The average Bonchev–Trinajstić information content (AvgIpc) is 2.51. The molecule has 0 fully saturated rings. The van der Waals surface area contributed by atoms with E-state index in [0.29, 0.717) is 13.2 Å². The number of ether oxygens (including phenoxy) is 2. The van der Waals surface area contributed by atoms with Gasteiger partial charge in [0.15, 0.2) is 0 Å². The van der Waals surface area contributed by atoms with Crippen LogP contribution in [0.15, 0.2) is 30.3 Å². The lowest BCUT2D eigenvalue weighted by atomic mass is 10.1. The molecule has 0 aliphatic heterocycles. The first-order valence-corrected chi connectivity index (χ1v) is 7.07. The zero-order valence-electron chi connectivity index (χ0n) is 12.8. The summed E-state index contributed by atoms with van der Waals surface area (Å²) < 4.78 is 10.5. The van der Waals surface area contributed by atoms with Crippen molar-refractivity contribution in [1.82, 2.24) is 10.3 Å². The predicted molar refractivity (Wildman–Crippen MR) is 85.7 cm³/mol. The molecule has 1 unspecified atom stereocenters. The summed E-state index contributed by atoms with van der Waals surface area (Å²) in [5, 5.41) is 7.71. The minimum atomic E-state index is 0.0102. The van der Waals surface area contributed by atoms with E-state index in [-0.39, 0.29) is 6.10 Å². The molecule has 114 valence electrons. The van der Waals surface area contributed by atoms with Crippen LogP contribution in [0.5, 0.6) is 0 Å². The van der Waals surface area contributed by atoms with Crippen molar-refractivity contribution in [2.75, 3.05) is 39.7 Å². The van der Waals surface area contributed by atoms with Gasteiger partial charge in [-0.25, -0.2) is 4.98 Å². The lowest BCUT2D eigenvalue weighted by Gasteiger charge is -2.16. The van der Waals surface area contributed by atoms with E-state index in [1.54, 1.807) is 14.2 Å². The molecule has 1 aromatic carbocycles. The zero-order valence-corrected chi connectivity index (χ0v) is 12.8. The van der Waals surface area contributed by atoms with E-state index in [1.807, 2.05) is 25.2 Å². The fourth-order valence-electron chi connectivity index (χ4n) is 2.29. The van der Waals surface area contributed by atoms with E-state index in [4.69, 9.17) is 9.47 Å². The molecule has 1 aromatic heterocycles. The van der Waals surface area contributed by atoms with Crippen LogP contribution in [0.25, 0.3) is 10.9 Å². The third-order valence-electron chi connectivity index (χ3n) is 3.37. The van der Waals surface area contributed by atoms with E-state index in [1.165, 1.54) is 10.9 Å². The molecular formula is C16H23N3O2. The second kappa shape index (κ2) is 7.93. The number of nitrogens with one attached hydrogen (secondary N) is 2. The molecule has 0 amide bonds. The molecule has 5 nitrogen and oxygen atoms in total. The number of hydrogen-bond acceptors (Lipinski definition) is 5. The number of rotatable bonds is 8. The van der Waals surface area contributed by atoms with Gasteiger partial charge in [-0.2, -0.15) is 0 Å². The number of aromatic nitrogens is 1. The highest BCUT2D eigenvalue weighted by molar-refractivity contribution is 5.84. The van der Waals surface area contributed by atoms with Crippen molar-refractivity contribution in [3.63, 3.8) is 0 Å². The van der Waals surface area contributed by atoms with Crippen molar-refractivity contribution in [1.29, 1.82) is 0 Å². The second-order valence-electron chi connectivity index (χ2n) is 4.91. The monoisotopic (exact) mass is 289 g/mol. The molecule has 1 atom stereocenters. The van der Waals surface area contributed by atoms with E-state index < -0.39 is 0 Å². The summed E-state index contributed by atoms with van der Waals surface area (Å²) in [4.78, 5) is 4.65. The van der Waals surface area contributed by atoms with Crippen LogP contribution in [0.4, 0.5) is 5.82 Å². The molecule has 0 spiro atoms. The Morgan fingerprint density at radius 1 is 1.24 bits per heavy atom. The number of anilines is 1. The first-order valence-electron chi connectivity index (χ1n) is 7.07. The van der Waals surface area contributed by atoms with E-state index in [2.05, 4.69) is 27.8 Å². The Hall–Kier alpha value is -1.69. The maximum absolute atomic E-state index is 5.35. The molecule has 2 aromatic rings. The lowest BCUT2D eigenvalue weighted by molar-refractivity contribution is 0.0365. The summed E-state index contributed by atoms with van der Waals surface area (Å²) in [5.41, 5.74) is 2.22. The number of fused-ring (bicyclic) bond motifs is 1. The highest BCUT2D eigenvalue weighted by Crippen LogP contribution is 2.20.